The van der Waals surface area contributed by atoms with Gasteiger partial charge in [0.2, 0.25) is 0 Å². The van der Waals surface area contributed by atoms with Crippen LogP contribution >= 0.6 is 0 Å². The fourth-order valence-electron chi connectivity index (χ4n) is 2.74. The lowest BCUT2D eigenvalue weighted by molar-refractivity contribution is -0.139. The second kappa shape index (κ2) is 7.10. The maximum atomic E-state index is 12.1. The van der Waals surface area contributed by atoms with E-state index in [1.54, 1.807) is 18.1 Å². The molecule has 1 fully saturated rings. The van der Waals surface area contributed by atoms with Gasteiger partial charge in [0.1, 0.15) is 6.04 Å². The second-order valence-electron chi connectivity index (χ2n) is 5.65. The van der Waals surface area contributed by atoms with E-state index >= 15 is 0 Å². The number of rotatable bonds is 6. The first-order chi connectivity index (χ1) is 10.1. The number of hydrogen-bond acceptors (Lipinski definition) is 3. The summed E-state index contributed by atoms with van der Waals surface area (Å²) >= 11 is 0. The number of imidazole rings is 1. The fourth-order valence-corrected chi connectivity index (χ4v) is 2.74. The lowest BCUT2D eigenvalue weighted by atomic mass is 10.1. The Morgan fingerprint density at radius 3 is 2.81 bits per heavy atom. The number of carbonyl (C=O) groups excluding carboxylic acids is 1. The predicted octanol–water partition coefficient (Wildman–Crippen LogP) is 1.24. The number of amides is 2. The molecule has 21 heavy (non-hydrogen) atoms. The Morgan fingerprint density at radius 2 is 2.24 bits per heavy atom. The topological polar surface area (TPSA) is 98.3 Å². The van der Waals surface area contributed by atoms with E-state index in [0.29, 0.717) is 18.2 Å². The molecule has 2 rings (SSSR count). The summed E-state index contributed by atoms with van der Waals surface area (Å²) in [6, 6.07) is -1.29. The van der Waals surface area contributed by atoms with Crippen LogP contribution in [0.15, 0.2) is 12.5 Å². The van der Waals surface area contributed by atoms with Crippen molar-refractivity contribution in [1.82, 2.24) is 20.2 Å². The highest BCUT2D eigenvalue weighted by Gasteiger charge is 2.24. The zero-order valence-corrected chi connectivity index (χ0v) is 12.2. The number of carboxylic acid groups (broad SMARTS) is 1. The average Bonchev–Trinajstić information content (AvgIpc) is 3.10. The van der Waals surface area contributed by atoms with E-state index in [0.717, 1.165) is 12.8 Å². The number of carboxylic acids is 1. The molecule has 1 aromatic heterocycles. The van der Waals surface area contributed by atoms with Crippen molar-refractivity contribution in [2.24, 2.45) is 5.92 Å². The molecule has 1 aliphatic carbocycles. The third kappa shape index (κ3) is 4.47. The van der Waals surface area contributed by atoms with Crippen LogP contribution in [0.5, 0.6) is 0 Å². The number of aliphatic carboxylic acids is 1. The van der Waals surface area contributed by atoms with E-state index in [-0.39, 0.29) is 12.5 Å². The van der Waals surface area contributed by atoms with Crippen molar-refractivity contribution in [1.29, 1.82) is 0 Å². The molecule has 0 bridgehead atoms. The molecule has 0 saturated heterocycles. The summed E-state index contributed by atoms with van der Waals surface area (Å²) in [6.45, 7) is 0.683. The summed E-state index contributed by atoms with van der Waals surface area (Å²) in [5.74, 6) is -0.510. The van der Waals surface area contributed by atoms with Gasteiger partial charge in [-0.25, -0.2) is 14.6 Å². The Hall–Kier alpha value is -2.05. The zero-order valence-electron chi connectivity index (χ0n) is 12.2. The van der Waals surface area contributed by atoms with E-state index in [2.05, 4.69) is 15.3 Å². The number of aromatic nitrogens is 2. The van der Waals surface area contributed by atoms with Crippen molar-refractivity contribution in [2.75, 3.05) is 13.6 Å². The minimum Gasteiger partial charge on any atom is -0.480 e. The van der Waals surface area contributed by atoms with Gasteiger partial charge in [0.15, 0.2) is 0 Å². The normalized spacial score (nSPS) is 16.6. The first kappa shape index (κ1) is 15.3. The number of aromatic amines is 1. The molecule has 3 N–H and O–H groups in total. The van der Waals surface area contributed by atoms with Gasteiger partial charge in [0.05, 0.1) is 6.33 Å². The average molecular weight is 294 g/mol. The van der Waals surface area contributed by atoms with Crippen LogP contribution in [0.1, 0.15) is 31.4 Å². The van der Waals surface area contributed by atoms with Gasteiger partial charge in [-0.3, -0.25) is 0 Å². The predicted molar refractivity (Wildman–Crippen MR) is 76.8 cm³/mol. The van der Waals surface area contributed by atoms with E-state index in [4.69, 9.17) is 0 Å². The molecule has 7 nitrogen and oxygen atoms in total. The van der Waals surface area contributed by atoms with Gasteiger partial charge in [-0.15, -0.1) is 0 Å². The van der Waals surface area contributed by atoms with Crippen molar-refractivity contribution in [3.63, 3.8) is 0 Å². The molecule has 1 aromatic rings. The molecule has 116 valence electrons. The van der Waals surface area contributed by atoms with Gasteiger partial charge >= 0.3 is 12.0 Å². The van der Waals surface area contributed by atoms with E-state index in [1.807, 2.05) is 0 Å². The van der Waals surface area contributed by atoms with Gasteiger partial charge in [-0.2, -0.15) is 0 Å². The first-order valence-corrected chi connectivity index (χ1v) is 7.28. The highest BCUT2D eigenvalue weighted by atomic mass is 16.4. The van der Waals surface area contributed by atoms with Crippen LogP contribution in [0.3, 0.4) is 0 Å². The molecule has 1 atom stereocenters. The molecule has 0 radical (unpaired) electrons. The molecule has 7 heteroatoms. The standard InChI is InChI=1S/C14H22N4O3/c1-18(8-10-4-2-3-5-10)14(21)17-12(13(19)20)6-11-7-15-9-16-11/h7,9-10,12H,2-6,8H2,1H3,(H,15,16)(H,17,21)(H,19,20)/t12-/m0/s1. The van der Waals surface area contributed by atoms with Gasteiger partial charge in [-0.1, -0.05) is 12.8 Å². The highest BCUT2D eigenvalue weighted by molar-refractivity contribution is 5.82. The lowest BCUT2D eigenvalue weighted by Crippen LogP contribution is -2.48. The first-order valence-electron chi connectivity index (χ1n) is 7.28. The van der Waals surface area contributed by atoms with Crippen molar-refractivity contribution < 1.29 is 14.7 Å². The van der Waals surface area contributed by atoms with Crippen LogP contribution in [0.2, 0.25) is 0 Å². The Morgan fingerprint density at radius 1 is 1.52 bits per heavy atom. The quantitative estimate of drug-likeness (QED) is 0.735. The summed E-state index contributed by atoms with van der Waals surface area (Å²) in [4.78, 5) is 31.6. The van der Waals surface area contributed by atoms with Crippen LogP contribution in [-0.4, -0.2) is 51.6 Å². The third-order valence-corrected chi connectivity index (χ3v) is 3.93. The molecule has 0 unspecified atom stereocenters. The second-order valence-corrected chi connectivity index (χ2v) is 5.65. The molecular formula is C14H22N4O3. The van der Waals surface area contributed by atoms with Crippen LogP contribution in [0.25, 0.3) is 0 Å². The summed E-state index contributed by atoms with van der Waals surface area (Å²) in [7, 11) is 1.71. The maximum absolute atomic E-state index is 12.1. The number of carbonyl (C=O) groups is 2. The minimum atomic E-state index is -1.05. The fraction of sp³-hybridized carbons (Fsp3) is 0.643. The summed E-state index contributed by atoms with van der Waals surface area (Å²) < 4.78 is 0. The van der Waals surface area contributed by atoms with Crippen molar-refractivity contribution in [3.8, 4) is 0 Å². The Kier molecular flexibility index (Phi) is 5.19. The maximum Gasteiger partial charge on any atom is 0.326 e. The van der Waals surface area contributed by atoms with Crippen LogP contribution < -0.4 is 5.32 Å². The number of nitrogens with zero attached hydrogens (tertiary/aromatic N) is 2. The lowest BCUT2D eigenvalue weighted by Gasteiger charge is -2.23. The third-order valence-electron chi connectivity index (χ3n) is 3.93. The van der Waals surface area contributed by atoms with E-state index in [1.165, 1.54) is 19.2 Å². The van der Waals surface area contributed by atoms with E-state index < -0.39 is 12.0 Å². The number of H-pyrrole nitrogens is 1. The smallest absolute Gasteiger partial charge is 0.326 e. The van der Waals surface area contributed by atoms with Crippen molar-refractivity contribution in [3.05, 3.63) is 18.2 Å². The Labute approximate surface area is 123 Å². The molecule has 2 amide bonds. The van der Waals surface area contributed by atoms with Crippen molar-refractivity contribution in [2.45, 2.75) is 38.1 Å². The highest BCUT2D eigenvalue weighted by Crippen LogP contribution is 2.25. The van der Waals surface area contributed by atoms with Gasteiger partial charge in [0.25, 0.3) is 0 Å². The van der Waals surface area contributed by atoms with Crippen LogP contribution in [-0.2, 0) is 11.2 Å². The summed E-state index contributed by atoms with van der Waals surface area (Å²) in [6.07, 6.45) is 7.97. The summed E-state index contributed by atoms with van der Waals surface area (Å²) in [5.41, 5.74) is 0.682. The molecular weight excluding hydrogens is 272 g/mol. The van der Waals surface area contributed by atoms with Gasteiger partial charge in [0, 0.05) is 31.9 Å². The molecule has 1 heterocycles. The molecule has 0 spiro atoms. The van der Waals surface area contributed by atoms with Gasteiger partial charge in [-0.05, 0) is 18.8 Å². The number of urea groups is 1. The Bertz CT molecular complexity index is 469. The molecule has 0 aliphatic heterocycles. The van der Waals surface area contributed by atoms with Crippen molar-refractivity contribution >= 4 is 12.0 Å². The SMILES string of the molecule is CN(CC1CCCC1)C(=O)N[C@@H](Cc1cnc[nH]1)C(=O)O. The largest absolute Gasteiger partial charge is 0.480 e. The monoisotopic (exact) mass is 294 g/mol. The van der Waals surface area contributed by atoms with Gasteiger partial charge < -0.3 is 20.3 Å². The molecule has 1 saturated carbocycles. The Balaban J connectivity index is 1.86. The number of hydrogen-bond donors (Lipinski definition) is 3. The minimum absolute atomic E-state index is 0.193. The number of nitrogens with one attached hydrogen (secondary N) is 2. The van der Waals surface area contributed by atoms with Crippen LogP contribution in [0, 0.1) is 5.92 Å². The summed E-state index contributed by atoms with van der Waals surface area (Å²) in [5, 5.41) is 11.8. The molecule has 0 aromatic carbocycles. The van der Waals surface area contributed by atoms with E-state index in [9.17, 15) is 14.7 Å². The zero-order chi connectivity index (χ0) is 15.2. The molecule has 1 aliphatic rings. The van der Waals surface area contributed by atoms with Crippen LogP contribution in [0.4, 0.5) is 4.79 Å².